The molecule has 2 atom stereocenters. The summed E-state index contributed by atoms with van der Waals surface area (Å²) in [7, 11) is 0. The van der Waals surface area contributed by atoms with Gasteiger partial charge in [0.1, 0.15) is 6.10 Å². The zero-order valence-electron chi connectivity index (χ0n) is 18.1. The van der Waals surface area contributed by atoms with Gasteiger partial charge in [0, 0.05) is 0 Å². The van der Waals surface area contributed by atoms with Crippen LogP contribution >= 0.6 is 0 Å². The quantitative estimate of drug-likeness (QED) is 0.569. The zero-order chi connectivity index (χ0) is 20.2. The molecule has 1 fully saturated rings. The van der Waals surface area contributed by atoms with Crippen LogP contribution in [0.3, 0.4) is 0 Å². The van der Waals surface area contributed by atoms with Gasteiger partial charge in [0.15, 0.2) is 0 Å². The van der Waals surface area contributed by atoms with Gasteiger partial charge in [-0.25, -0.2) is 0 Å². The molecule has 0 heterocycles. The summed E-state index contributed by atoms with van der Waals surface area (Å²) in [5, 5.41) is 22.2. The SMILES string of the molecule is CCC(C)(C)C(=O)OC1CC(C(O)(CC)CC)CC(C(O)(CC)CC)C1. The average Bonchev–Trinajstić information content (AvgIpc) is 2.66. The summed E-state index contributed by atoms with van der Waals surface area (Å²) in [5.74, 6) is -0.0794. The smallest absolute Gasteiger partial charge is 0.311 e. The number of carbonyl (C=O) groups excluding carboxylic acids is 1. The Hall–Kier alpha value is -0.610. The van der Waals surface area contributed by atoms with Gasteiger partial charge in [-0.3, -0.25) is 4.79 Å². The molecule has 0 spiro atoms. The minimum atomic E-state index is -0.758. The van der Waals surface area contributed by atoms with Crippen molar-refractivity contribution >= 4 is 5.97 Å². The Morgan fingerprint density at radius 2 is 1.19 bits per heavy atom. The van der Waals surface area contributed by atoms with Crippen molar-refractivity contribution in [3.63, 3.8) is 0 Å². The number of esters is 1. The van der Waals surface area contributed by atoms with Gasteiger partial charge < -0.3 is 14.9 Å². The Bertz CT molecular complexity index is 423. The van der Waals surface area contributed by atoms with E-state index in [1.807, 2.05) is 48.5 Å². The standard InChI is InChI=1S/C22H42O4/c1-8-20(6,7)19(23)26-18-14-16(21(24,9-2)10-3)13-17(15-18)22(25,11-4)12-5/h16-18,24-25H,8-15H2,1-7H3. The van der Waals surface area contributed by atoms with E-state index in [2.05, 4.69) is 0 Å². The van der Waals surface area contributed by atoms with E-state index in [9.17, 15) is 15.0 Å². The molecule has 0 aliphatic heterocycles. The molecule has 2 N–H and O–H groups in total. The van der Waals surface area contributed by atoms with E-state index in [1.165, 1.54) is 0 Å². The molecule has 1 aliphatic carbocycles. The Balaban J connectivity index is 3.09. The lowest BCUT2D eigenvalue weighted by Gasteiger charge is -2.47. The number of ether oxygens (including phenoxy) is 1. The third kappa shape index (κ3) is 5.01. The molecule has 1 aliphatic rings. The summed E-state index contributed by atoms with van der Waals surface area (Å²) >= 11 is 0. The van der Waals surface area contributed by atoms with Crippen molar-refractivity contribution in [1.82, 2.24) is 0 Å². The molecule has 154 valence electrons. The van der Waals surface area contributed by atoms with Crippen LogP contribution in [0.5, 0.6) is 0 Å². The Labute approximate surface area is 160 Å². The Kier molecular flexibility index (Phi) is 8.16. The lowest BCUT2D eigenvalue weighted by Crippen LogP contribution is -2.50. The maximum atomic E-state index is 12.6. The normalized spacial score (nSPS) is 25.2. The molecular weight excluding hydrogens is 328 g/mol. The number of carbonyl (C=O) groups is 1. The summed E-state index contributed by atoms with van der Waals surface area (Å²) in [6, 6.07) is 0. The molecule has 4 nitrogen and oxygen atoms in total. The lowest BCUT2D eigenvalue weighted by molar-refractivity contribution is -0.172. The zero-order valence-corrected chi connectivity index (χ0v) is 18.1. The molecule has 2 unspecified atom stereocenters. The van der Waals surface area contributed by atoms with E-state index in [1.54, 1.807) is 0 Å². The minimum Gasteiger partial charge on any atom is -0.462 e. The fraction of sp³-hybridized carbons (Fsp3) is 0.955. The molecule has 0 aromatic heterocycles. The van der Waals surface area contributed by atoms with Crippen molar-refractivity contribution in [2.24, 2.45) is 17.3 Å². The molecular formula is C22H42O4. The van der Waals surface area contributed by atoms with Gasteiger partial charge in [0.2, 0.25) is 0 Å². The highest BCUT2D eigenvalue weighted by Crippen LogP contribution is 2.46. The molecule has 0 aromatic rings. The number of rotatable bonds is 9. The summed E-state index contributed by atoms with van der Waals surface area (Å²) in [5.41, 5.74) is -2.02. The van der Waals surface area contributed by atoms with Crippen LogP contribution in [0.1, 0.15) is 99.8 Å². The van der Waals surface area contributed by atoms with Crippen LogP contribution in [0.25, 0.3) is 0 Å². The van der Waals surface area contributed by atoms with E-state index in [-0.39, 0.29) is 23.9 Å². The van der Waals surface area contributed by atoms with Crippen molar-refractivity contribution in [3.05, 3.63) is 0 Å². The van der Waals surface area contributed by atoms with Gasteiger partial charge in [-0.05, 0) is 77.0 Å². The van der Waals surface area contributed by atoms with Crippen LogP contribution in [0, 0.1) is 17.3 Å². The van der Waals surface area contributed by atoms with Crippen molar-refractivity contribution in [2.75, 3.05) is 0 Å². The second-order valence-corrected chi connectivity index (χ2v) is 8.99. The first-order chi connectivity index (χ1) is 12.0. The second-order valence-electron chi connectivity index (χ2n) is 8.99. The number of aliphatic hydroxyl groups is 2. The largest absolute Gasteiger partial charge is 0.462 e. The molecule has 1 saturated carbocycles. The predicted molar refractivity (Wildman–Crippen MR) is 106 cm³/mol. The molecule has 26 heavy (non-hydrogen) atoms. The van der Waals surface area contributed by atoms with Gasteiger partial charge in [0.25, 0.3) is 0 Å². The highest BCUT2D eigenvalue weighted by Gasteiger charge is 2.47. The highest BCUT2D eigenvalue weighted by molar-refractivity contribution is 5.76. The molecule has 0 radical (unpaired) electrons. The van der Waals surface area contributed by atoms with Crippen LogP contribution in [0.15, 0.2) is 0 Å². The van der Waals surface area contributed by atoms with Gasteiger partial charge in [-0.1, -0.05) is 34.6 Å². The highest BCUT2D eigenvalue weighted by atomic mass is 16.5. The first-order valence-corrected chi connectivity index (χ1v) is 10.7. The van der Waals surface area contributed by atoms with E-state index in [0.29, 0.717) is 38.5 Å². The van der Waals surface area contributed by atoms with E-state index in [0.717, 1.165) is 12.8 Å². The summed E-state index contributed by atoms with van der Waals surface area (Å²) in [6.07, 6.45) is 5.38. The van der Waals surface area contributed by atoms with Gasteiger partial charge >= 0.3 is 5.97 Å². The second kappa shape index (κ2) is 9.05. The first kappa shape index (κ1) is 23.4. The fourth-order valence-corrected chi connectivity index (χ4v) is 4.35. The van der Waals surface area contributed by atoms with Gasteiger partial charge in [0.05, 0.1) is 16.6 Å². The summed E-state index contributed by atoms with van der Waals surface area (Å²) < 4.78 is 5.91. The van der Waals surface area contributed by atoms with E-state index < -0.39 is 16.6 Å². The molecule has 0 bridgehead atoms. The maximum Gasteiger partial charge on any atom is 0.311 e. The molecule has 4 heteroatoms. The fourth-order valence-electron chi connectivity index (χ4n) is 4.35. The average molecular weight is 371 g/mol. The van der Waals surface area contributed by atoms with Crippen molar-refractivity contribution in [3.8, 4) is 0 Å². The Morgan fingerprint density at radius 3 is 1.50 bits per heavy atom. The van der Waals surface area contributed by atoms with Crippen LogP contribution in [0.4, 0.5) is 0 Å². The summed E-state index contributed by atoms with van der Waals surface area (Å²) in [6.45, 7) is 13.9. The van der Waals surface area contributed by atoms with Crippen molar-refractivity contribution < 1.29 is 19.7 Å². The third-order valence-electron chi connectivity index (χ3n) is 7.34. The molecule has 0 amide bonds. The first-order valence-electron chi connectivity index (χ1n) is 10.7. The van der Waals surface area contributed by atoms with Crippen LogP contribution < -0.4 is 0 Å². The van der Waals surface area contributed by atoms with Crippen molar-refractivity contribution in [2.45, 2.75) is 117 Å². The topological polar surface area (TPSA) is 66.8 Å². The lowest BCUT2D eigenvalue weighted by atomic mass is 9.64. The Morgan fingerprint density at radius 1 is 0.808 bits per heavy atom. The monoisotopic (exact) mass is 370 g/mol. The van der Waals surface area contributed by atoms with Crippen LogP contribution in [-0.2, 0) is 9.53 Å². The van der Waals surface area contributed by atoms with Crippen LogP contribution in [-0.4, -0.2) is 33.5 Å². The summed E-state index contributed by atoms with van der Waals surface area (Å²) in [4.78, 5) is 12.6. The van der Waals surface area contributed by atoms with Gasteiger partial charge in [-0.15, -0.1) is 0 Å². The van der Waals surface area contributed by atoms with Crippen molar-refractivity contribution in [1.29, 1.82) is 0 Å². The number of hydrogen-bond donors (Lipinski definition) is 2. The molecule has 1 rings (SSSR count). The predicted octanol–water partition coefficient (Wildman–Crippen LogP) is 4.85. The third-order valence-corrected chi connectivity index (χ3v) is 7.34. The maximum absolute atomic E-state index is 12.6. The van der Waals surface area contributed by atoms with Gasteiger partial charge in [-0.2, -0.15) is 0 Å². The molecule has 0 saturated heterocycles. The minimum absolute atomic E-state index is 0.0448. The van der Waals surface area contributed by atoms with Crippen LogP contribution in [0.2, 0.25) is 0 Å². The number of hydrogen-bond acceptors (Lipinski definition) is 4. The van der Waals surface area contributed by atoms with E-state index >= 15 is 0 Å². The van der Waals surface area contributed by atoms with E-state index in [4.69, 9.17) is 4.74 Å². The molecule has 0 aromatic carbocycles.